The molecule has 0 aliphatic carbocycles. The summed E-state index contributed by atoms with van der Waals surface area (Å²) in [5, 5.41) is 6.74. The van der Waals surface area contributed by atoms with E-state index in [1.54, 1.807) is 12.1 Å². The molecule has 134 valence electrons. The summed E-state index contributed by atoms with van der Waals surface area (Å²) in [6.45, 7) is 4.29. The van der Waals surface area contributed by atoms with Gasteiger partial charge < -0.3 is 20.0 Å². The van der Waals surface area contributed by atoms with E-state index in [1.165, 1.54) is 6.26 Å². The van der Waals surface area contributed by atoms with Crippen molar-refractivity contribution in [1.29, 1.82) is 0 Å². The van der Waals surface area contributed by atoms with Crippen LogP contribution in [0.4, 0.5) is 0 Å². The molecule has 1 aromatic carbocycles. The highest BCUT2D eigenvalue weighted by Gasteiger charge is 2.09. The lowest BCUT2D eigenvalue weighted by atomic mass is 10.2. The lowest BCUT2D eigenvalue weighted by Crippen LogP contribution is -2.39. The molecule has 0 bridgehead atoms. The first-order valence-corrected chi connectivity index (χ1v) is 8.54. The maximum atomic E-state index is 11.8. The first-order chi connectivity index (χ1) is 12.1. The van der Waals surface area contributed by atoms with Crippen LogP contribution in [0, 0.1) is 0 Å². The highest BCUT2D eigenvalue weighted by Crippen LogP contribution is 2.16. The lowest BCUT2D eigenvalue weighted by Gasteiger charge is -2.22. The van der Waals surface area contributed by atoms with E-state index >= 15 is 0 Å². The van der Waals surface area contributed by atoms with Crippen LogP contribution in [0.25, 0.3) is 0 Å². The fraction of sp³-hybridized carbons (Fsp3) is 0.333. The summed E-state index contributed by atoms with van der Waals surface area (Å²) in [5.41, 5.74) is 1.03. The van der Waals surface area contributed by atoms with Gasteiger partial charge in [-0.2, -0.15) is 0 Å². The third-order valence-corrected chi connectivity index (χ3v) is 3.83. The number of furan rings is 1. The van der Waals surface area contributed by atoms with Gasteiger partial charge in [0.2, 0.25) is 0 Å². The van der Waals surface area contributed by atoms with E-state index < -0.39 is 0 Å². The molecule has 1 aromatic heterocycles. The first kappa shape index (κ1) is 18.9. The molecule has 1 amide bonds. The van der Waals surface area contributed by atoms with Crippen molar-refractivity contribution >= 4 is 23.5 Å². The van der Waals surface area contributed by atoms with Crippen molar-refractivity contribution in [2.45, 2.75) is 13.5 Å². The van der Waals surface area contributed by atoms with Crippen LogP contribution in [0.2, 0.25) is 5.02 Å². The van der Waals surface area contributed by atoms with Crippen molar-refractivity contribution in [3.05, 3.63) is 59.0 Å². The van der Waals surface area contributed by atoms with Gasteiger partial charge in [-0.15, -0.1) is 0 Å². The van der Waals surface area contributed by atoms with Gasteiger partial charge in [-0.3, -0.25) is 9.79 Å². The van der Waals surface area contributed by atoms with Gasteiger partial charge in [0.25, 0.3) is 5.91 Å². The number of halogens is 1. The van der Waals surface area contributed by atoms with Crippen LogP contribution in [0.5, 0.6) is 0 Å². The summed E-state index contributed by atoms with van der Waals surface area (Å²) in [4.78, 5) is 18.3. The second-order valence-electron chi connectivity index (χ2n) is 5.42. The molecule has 1 heterocycles. The minimum atomic E-state index is -0.241. The van der Waals surface area contributed by atoms with Crippen LogP contribution in [0.1, 0.15) is 23.0 Å². The Morgan fingerprint density at radius 1 is 1.24 bits per heavy atom. The van der Waals surface area contributed by atoms with E-state index in [0.717, 1.165) is 23.1 Å². The van der Waals surface area contributed by atoms with Gasteiger partial charge in [0.15, 0.2) is 11.7 Å². The topological polar surface area (TPSA) is 69.9 Å². The molecule has 0 fully saturated rings. The monoisotopic (exact) mass is 362 g/mol. The van der Waals surface area contributed by atoms with Crippen LogP contribution in [0.15, 0.2) is 52.1 Å². The van der Waals surface area contributed by atoms with Gasteiger partial charge in [-0.05, 0) is 30.7 Å². The van der Waals surface area contributed by atoms with Gasteiger partial charge in [-0.25, -0.2) is 0 Å². The van der Waals surface area contributed by atoms with E-state index in [1.807, 2.05) is 43.1 Å². The zero-order valence-corrected chi connectivity index (χ0v) is 15.2. The average Bonchev–Trinajstić information content (AvgIpc) is 3.14. The van der Waals surface area contributed by atoms with E-state index in [-0.39, 0.29) is 5.91 Å². The Labute approximate surface area is 152 Å². The SMILES string of the molecule is CCNC(=NCCNC(=O)c1ccco1)N(C)Cc1ccccc1Cl. The maximum Gasteiger partial charge on any atom is 0.287 e. The second-order valence-corrected chi connectivity index (χ2v) is 5.82. The predicted molar refractivity (Wildman–Crippen MR) is 99.9 cm³/mol. The van der Waals surface area contributed by atoms with Crippen LogP contribution in [-0.2, 0) is 6.54 Å². The summed E-state index contributed by atoms with van der Waals surface area (Å²) >= 11 is 6.22. The predicted octanol–water partition coefficient (Wildman–Crippen LogP) is 2.76. The van der Waals surface area contributed by atoms with Crippen molar-refractivity contribution in [2.75, 3.05) is 26.7 Å². The molecule has 0 atom stereocenters. The maximum absolute atomic E-state index is 11.8. The number of carbonyl (C=O) groups is 1. The number of amides is 1. The Bertz CT molecular complexity index is 701. The third kappa shape index (κ3) is 5.83. The van der Waals surface area contributed by atoms with Crippen molar-refractivity contribution < 1.29 is 9.21 Å². The minimum absolute atomic E-state index is 0.241. The number of hydrogen-bond donors (Lipinski definition) is 2. The number of carbonyl (C=O) groups excluding carboxylic acids is 1. The second kappa shape index (κ2) is 9.74. The number of rotatable bonds is 7. The van der Waals surface area contributed by atoms with E-state index in [2.05, 4.69) is 15.6 Å². The van der Waals surface area contributed by atoms with Crippen LogP contribution in [0.3, 0.4) is 0 Å². The van der Waals surface area contributed by atoms with Crippen molar-refractivity contribution in [3.8, 4) is 0 Å². The van der Waals surface area contributed by atoms with E-state index in [0.29, 0.717) is 25.4 Å². The van der Waals surface area contributed by atoms with Gasteiger partial charge >= 0.3 is 0 Å². The summed E-state index contributed by atoms with van der Waals surface area (Å²) in [5.74, 6) is 0.816. The number of nitrogens with one attached hydrogen (secondary N) is 2. The average molecular weight is 363 g/mol. The third-order valence-electron chi connectivity index (χ3n) is 3.47. The summed E-state index contributed by atoms with van der Waals surface area (Å²) < 4.78 is 5.05. The molecule has 6 nitrogen and oxygen atoms in total. The van der Waals surface area contributed by atoms with Crippen LogP contribution >= 0.6 is 11.6 Å². The summed E-state index contributed by atoms with van der Waals surface area (Å²) in [6.07, 6.45) is 1.47. The number of guanidine groups is 1. The quantitative estimate of drug-likeness (QED) is 0.451. The van der Waals surface area contributed by atoms with Crippen molar-refractivity contribution in [3.63, 3.8) is 0 Å². The van der Waals surface area contributed by atoms with Crippen molar-refractivity contribution in [2.24, 2.45) is 4.99 Å². The fourth-order valence-electron chi connectivity index (χ4n) is 2.25. The number of hydrogen-bond acceptors (Lipinski definition) is 3. The Balaban J connectivity index is 1.88. The fourth-order valence-corrected chi connectivity index (χ4v) is 2.45. The molecular weight excluding hydrogens is 340 g/mol. The number of aliphatic imine (C=N–C) groups is 1. The molecule has 2 aromatic rings. The molecule has 0 saturated heterocycles. The molecule has 0 spiro atoms. The molecule has 0 saturated carbocycles. The van der Waals surface area contributed by atoms with E-state index in [4.69, 9.17) is 16.0 Å². The summed E-state index contributed by atoms with van der Waals surface area (Å²) in [7, 11) is 1.95. The molecule has 0 aliphatic rings. The van der Waals surface area contributed by atoms with Gasteiger partial charge in [-0.1, -0.05) is 29.8 Å². The standard InChI is InChI=1S/C18H23ClN4O2/c1-3-20-18(23(2)13-14-7-4-5-8-15(14)19)22-11-10-21-17(24)16-9-6-12-25-16/h4-9,12H,3,10-11,13H2,1-2H3,(H,20,22)(H,21,24). The Morgan fingerprint density at radius 3 is 2.72 bits per heavy atom. The first-order valence-electron chi connectivity index (χ1n) is 8.16. The molecule has 25 heavy (non-hydrogen) atoms. The smallest absolute Gasteiger partial charge is 0.287 e. The summed E-state index contributed by atoms with van der Waals surface area (Å²) in [6, 6.07) is 11.0. The van der Waals surface area contributed by atoms with Crippen LogP contribution in [-0.4, -0.2) is 43.4 Å². The van der Waals surface area contributed by atoms with Gasteiger partial charge in [0, 0.05) is 31.7 Å². The normalized spacial score (nSPS) is 11.2. The number of nitrogens with zero attached hydrogens (tertiary/aromatic N) is 2. The zero-order chi connectivity index (χ0) is 18.1. The Kier molecular flexibility index (Phi) is 7.35. The molecule has 0 aliphatic heterocycles. The molecule has 2 rings (SSSR count). The number of benzene rings is 1. The lowest BCUT2D eigenvalue weighted by molar-refractivity contribution is 0.0927. The largest absolute Gasteiger partial charge is 0.459 e. The van der Waals surface area contributed by atoms with Gasteiger partial charge in [0.05, 0.1) is 12.8 Å². The highest BCUT2D eigenvalue weighted by molar-refractivity contribution is 6.31. The molecule has 2 N–H and O–H groups in total. The molecular formula is C18H23ClN4O2. The molecule has 0 unspecified atom stereocenters. The molecule has 7 heteroatoms. The Hall–Kier alpha value is -2.47. The van der Waals surface area contributed by atoms with Crippen molar-refractivity contribution in [1.82, 2.24) is 15.5 Å². The highest BCUT2D eigenvalue weighted by atomic mass is 35.5. The Morgan fingerprint density at radius 2 is 2.04 bits per heavy atom. The van der Waals surface area contributed by atoms with E-state index in [9.17, 15) is 4.79 Å². The molecule has 0 radical (unpaired) electrons. The van der Waals surface area contributed by atoms with Gasteiger partial charge in [0.1, 0.15) is 0 Å². The van der Waals surface area contributed by atoms with Crippen LogP contribution < -0.4 is 10.6 Å². The zero-order valence-electron chi connectivity index (χ0n) is 14.5. The minimum Gasteiger partial charge on any atom is -0.459 e.